The van der Waals surface area contributed by atoms with Gasteiger partial charge in [0.15, 0.2) is 17.1 Å². The maximum Gasteiger partial charge on any atom is 0.333 e. The molecule has 1 saturated carbocycles. The standard InChI is InChI=1S/C28H27ClN6O3/c1-16-22(11-19(29)13-30-16)27(36)33-20-9-7-18(8-10-20)15-34-23-5-3-4-6-24(23)35(28(34)37)21-12-25-26(31-14-21)32-17(2)38-25/h3-6,11-14,18,20H,7-10,15H2,1-2H3,(H,33,36). The predicted molar refractivity (Wildman–Crippen MR) is 145 cm³/mol. The second kappa shape index (κ2) is 9.72. The molecule has 0 atom stereocenters. The number of pyridine rings is 2. The number of benzene rings is 1. The molecule has 4 heterocycles. The van der Waals surface area contributed by atoms with Crippen molar-refractivity contribution in [3.05, 3.63) is 81.4 Å². The first kappa shape index (κ1) is 24.4. The van der Waals surface area contributed by atoms with E-state index in [2.05, 4.69) is 20.3 Å². The molecule has 10 heteroatoms. The Hall–Kier alpha value is -3.98. The van der Waals surface area contributed by atoms with Crippen LogP contribution in [0.5, 0.6) is 0 Å². The number of halogens is 1. The molecule has 1 aliphatic carbocycles. The number of oxazole rings is 1. The fourth-order valence-corrected chi connectivity index (χ4v) is 5.58. The van der Waals surface area contributed by atoms with Crippen LogP contribution in [-0.4, -0.2) is 36.0 Å². The van der Waals surface area contributed by atoms with E-state index in [1.54, 1.807) is 36.9 Å². The van der Waals surface area contributed by atoms with E-state index < -0.39 is 0 Å². The Balaban J connectivity index is 1.20. The van der Waals surface area contributed by atoms with E-state index in [4.69, 9.17) is 16.0 Å². The van der Waals surface area contributed by atoms with E-state index >= 15 is 0 Å². The first-order valence-corrected chi connectivity index (χ1v) is 13.1. The van der Waals surface area contributed by atoms with Crippen molar-refractivity contribution in [1.29, 1.82) is 0 Å². The van der Waals surface area contributed by atoms with Crippen LogP contribution < -0.4 is 11.0 Å². The van der Waals surface area contributed by atoms with Crippen molar-refractivity contribution >= 4 is 39.8 Å². The first-order valence-electron chi connectivity index (χ1n) is 12.7. The molecule has 5 aromatic rings. The van der Waals surface area contributed by atoms with Crippen LogP contribution in [0.2, 0.25) is 5.02 Å². The number of imidazole rings is 1. The Morgan fingerprint density at radius 3 is 2.63 bits per heavy atom. The van der Waals surface area contributed by atoms with Gasteiger partial charge in [-0.2, -0.15) is 4.98 Å². The highest BCUT2D eigenvalue weighted by atomic mass is 35.5. The van der Waals surface area contributed by atoms with E-state index in [0.717, 1.165) is 36.7 Å². The topological polar surface area (TPSA) is 108 Å². The summed E-state index contributed by atoms with van der Waals surface area (Å²) in [5, 5.41) is 3.58. The summed E-state index contributed by atoms with van der Waals surface area (Å²) in [4.78, 5) is 39.3. The highest BCUT2D eigenvalue weighted by Gasteiger charge is 2.26. The van der Waals surface area contributed by atoms with Crippen LogP contribution in [0.25, 0.3) is 28.0 Å². The lowest BCUT2D eigenvalue weighted by Crippen LogP contribution is -2.39. The summed E-state index contributed by atoms with van der Waals surface area (Å²) in [5.41, 5.74) is 4.47. The third-order valence-electron chi connectivity index (χ3n) is 7.35. The second-order valence-corrected chi connectivity index (χ2v) is 10.4. The lowest BCUT2D eigenvalue weighted by molar-refractivity contribution is 0.0919. The molecule has 0 unspecified atom stereocenters. The molecule has 1 amide bonds. The van der Waals surface area contributed by atoms with E-state index in [9.17, 15) is 9.59 Å². The molecular weight excluding hydrogens is 504 g/mol. The Bertz CT molecular complexity index is 1730. The zero-order chi connectivity index (χ0) is 26.4. The van der Waals surface area contributed by atoms with Gasteiger partial charge in [0.1, 0.15) is 0 Å². The summed E-state index contributed by atoms with van der Waals surface area (Å²) >= 11 is 6.04. The molecule has 1 aliphatic rings. The molecule has 0 aliphatic heterocycles. The molecule has 0 bridgehead atoms. The zero-order valence-corrected chi connectivity index (χ0v) is 21.9. The number of nitrogens with zero attached hydrogens (tertiary/aromatic N) is 5. The van der Waals surface area contributed by atoms with Gasteiger partial charge in [-0.15, -0.1) is 0 Å². The number of amides is 1. The number of hydrogen-bond acceptors (Lipinski definition) is 6. The van der Waals surface area contributed by atoms with Crippen molar-refractivity contribution < 1.29 is 9.21 Å². The average Bonchev–Trinajstić information content (AvgIpc) is 3.42. The van der Waals surface area contributed by atoms with Crippen molar-refractivity contribution in [2.75, 3.05) is 0 Å². The molecule has 38 heavy (non-hydrogen) atoms. The number of aromatic nitrogens is 5. The number of hydrogen-bond donors (Lipinski definition) is 1. The van der Waals surface area contributed by atoms with Crippen molar-refractivity contribution in [2.45, 2.75) is 52.1 Å². The van der Waals surface area contributed by atoms with Gasteiger partial charge in [-0.1, -0.05) is 23.7 Å². The number of para-hydroxylation sites is 2. The normalized spacial score (nSPS) is 17.8. The van der Waals surface area contributed by atoms with Crippen LogP contribution in [0.1, 0.15) is 47.6 Å². The van der Waals surface area contributed by atoms with Crippen molar-refractivity contribution in [2.24, 2.45) is 5.92 Å². The van der Waals surface area contributed by atoms with Crippen molar-refractivity contribution in [3.63, 3.8) is 0 Å². The summed E-state index contributed by atoms with van der Waals surface area (Å²) in [6, 6.07) is 11.3. The number of carbonyl (C=O) groups is 1. The summed E-state index contributed by atoms with van der Waals surface area (Å²) in [7, 11) is 0. The fourth-order valence-electron chi connectivity index (χ4n) is 5.42. The Kier molecular flexibility index (Phi) is 6.23. The lowest BCUT2D eigenvalue weighted by Gasteiger charge is -2.29. The van der Waals surface area contributed by atoms with Crippen molar-refractivity contribution in [1.82, 2.24) is 29.4 Å². The van der Waals surface area contributed by atoms with E-state index in [1.807, 2.05) is 34.9 Å². The van der Waals surface area contributed by atoms with Crippen LogP contribution in [0.3, 0.4) is 0 Å². The minimum atomic E-state index is -0.146. The summed E-state index contributed by atoms with van der Waals surface area (Å²) < 4.78 is 9.20. The van der Waals surface area contributed by atoms with Gasteiger partial charge in [0.25, 0.3) is 5.91 Å². The van der Waals surface area contributed by atoms with Gasteiger partial charge < -0.3 is 9.73 Å². The second-order valence-electron chi connectivity index (χ2n) is 9.94. The van der Waals surface area contributed by atoms with E-state index in [0.29, 0.717) is 51.6 Å². The van der Waals surface area contributed by atoms with Crippen molar-refractivity contribution in [3.8, 4) is 5.69 Å². The Morgan fingerprint density at radius 1 is 1.08 bits per heavy atom. The highest BCUT2D eigenvalue weighted by Crippen LogP contribution is 2.28. The molecule has 1 aromatic carbocycles. The van der Waals surface area contributed by atoms with Gasteiger partial charge in [-0.3, -0.25) is 18.9 Å². The third-order valence-corrected chi connectivity index (χ3v) is 7.56. The molecule has 4 aromatic heterocycles. The summed E-state index contributed by atoms with van der Waals surface area (Å²) in [5.74, 6) is 0.713. The van der Waals surface area contributed by atoms with Gasteiger partial charge in [0, 0.05) is 31.8 Å². The molecule has 1 N–H and O–H groups in total. The molecule has 9 nitrogen and oxygen atoms in total. The predicted octanol–water partition coefficient (Wildman–Crippen LogP) is 4.98. The Labute approximate surface area is 223 Å². The van der Waals surface area contributed by atoms with E-state index in [1.165, 1.54) is 0 Å². The average molecular weight is 531 g/mol. The molecule has 1 fully saturated rings. The summed E-state index contributed by atoms with van der Waals surface area (Å²) in [6.45, 7) is 4.19. The number of carbonyl (C=O) groups excluding carboxylic acids is 1. The monoisotopic (exact) mass is 530 g/mol. The lowest BCUT2D eigenvalue weighted by atomic mass is 9.85. The van der Waals surface area contributed by atoms with Gasteiger partial charge >= 0.3 is 5.69 Å². The number of aryl methyl sites for hydroxylation is 2. The number of rotatable bonds is 5. The molecule has 6 rings (SSSR count). The van der Waals surface area contributed by atoms with Crippen LogP contribution >= 0.6 is 11.6 Å². The maximum atomic E-state index is 13.7. The zero-order valence-electron chi connectivity index (χ0n) is 21.1. The minimum absolute atomic E-state index is 0.0818. The minimum Gasteiger partial charge on any atom is -0.439 e. The number of fused-ring (bicyclic) bond motifs is 2. The maximum absolute atomic E-state index is 13.7. The van der Waals surface area contributed by atoms with Crippen LogP contribution in [-0.2, 0) is 6.54 Å². The van der Waals surface area contributed by atoms with Gasteiger partial charge in [-0.05, 0) is 56.7 Å². The van der Waals surface area contributed by atoms with Crippen LogP contribution in [0, 0.1) is 19.8 Å². The smallest absolute Gasteiger partial charge is 0.333 e. The quantitative estimate of drug-likeness (QED) is 0.343. The van der Waals surface area contributed by atoms with Gasteiger partial charge in [0.2, 0.25) is 0 Å². The van der Waals surface area contributed by atoms with Gasteiger partial charge in [0.05, 0.1) is 39.2 Å². The van der Waals surface area contributed by atoms with Gasteiger partial charge in [-0.25, -0.2) is 9.78 Å². The first-order chi connectivity index (χ1) is 18.4. The molecule has 0 saturated heterocycles. The fraction of sp³-hybridized carbons (Fsp3) is 0.321. The molecular formula is C28H27ClN6O3. The highest BCUT2D eigenvalue weighted by molar-refractivity contribution is 6.30. The van der Waals surface area contributed by atoms with Crippen LogP contribution in [0.4, 0.5) is 0 Å². The third kappa shape index (κ3) is 4.47. The summed E-state index contributed by atoms with van der Waals surface area (Å²) in [6.07, 6.45) is 6.73. The molecule has 0 radical (unpaired) electrons. The SMILES string of the molecule is Cc1nc2ncc(-n3c(=O)n(CC4CCC(NC(=O)c5cc(Cl)cnc5C)CC4)c4ccccc43)cc2o1. The molecule has 0 spiro atoms. The van der Waals surface area contributed by atoms with Crippen LogP contribution in [0.15, 0.2) is 58.0 Å². The van der Waals surface area contributed by atoms with E-state index in [-0.39, 0.29) is 17.6 Å². The Morgan fingerprint density at radius 2 is 1.84 bits per heavy atom. The molecule has 194 valence electrons. The largest absolute Gasteiger partial charge is 0.439 e. The number of nitrogens with one attached hydrogen (secondary N) is 1.